The van der Waals surface area contributed by atoms with Crippen LogP contribution in [0.4, 0.5) is 5.69 Å². The third kappa shape index (κ3) is 7.64. The second-order valence-corrected chi connectivity index (χ2v) is 7.29. The number of anilines is 1. The fourth-order valence-electron chi connectivity index (χ4n) is 2.43. The van der Waals surface area contributed by atoms with Crippen molar-refractivity contribution >= 4 is 47.0 Å². The van der Waals surface area contributed by atoms with Crippen LogP contribution >= 0.6 is 35.3 Å². The summed E-state index contributed by atoms with van der Waals surface area (Å²) in [4.78, 5) is 7.85. The summed E-state index contributed by atoms with van der Waals surface area (Å²) in [5.74, 6) is 1.42. The molecule has 0 aliphatic rings. The third-order valence-corrected chi connectivity index (χ3v) is 4.78. The minimum Gasteiger partial charge on any atom is -0.378 e. The maximum absolute atomic E-state index is 4.31. The Morgan fingerprint density at radius 1 is 1.16 bits per heavy atom. The van der Waals surface area contributed by atoms with E-state index in [4.69, 9.17) is 0 Å². The highest BCUT2D eigenvalue weighted by Gasteiger charge is 2.06. The van der Waals surface area contributed by atoms with Crippen LogP contribution in [0.15, 0.2) is 46.8 Å². The predicted octanol–water partition coefficient (Wildman–Crippen LogP) is 3.98. The van der Waals surface area contributed by atoms with E-state index in [1.165, 1.54) is 16.1 Å². The summed E-state index contributed by atoms with van der Waals surface area (Å²) in [7, 11) is 5.92. The molecule has 0 bridgehead atoms. The van der Waals surface area contributed by atoms with Crippen molar-refractivity contribution in [1.29, 1.82) is 0 Å². The van der Waals surface area contributed by atoms with E-state index in [2.05, 4.69) is 83.3 Å². The molecule has 1 atom stereocenters. The van der Waals surface area contributed by atoms with Gasteiger partial charge in [0.2, 0.25) is 0 Å². The zero-order valence-corrected chi connectivity index (χ0v) is 18.6. The molecular weight excluding hydrogens is 443 g/mol. The van der Waals surface area contributed by atoms with Gasteiger partial charge in [-0.25, -0.2) is 0 Å². The fraction of sp³-hybridized carbons (Fsp3) is 0.421. The summed E-state index contributed by atoms with van der Waals surface area (Å²) in [5, 5.41) is 8.93. The SMILES string of the molecule is CN=C(NCc1ccc(N(C)C)cc1)NCC(C)Cc1cccs1.I. The van der Waals surface area contributed by atoms with E-state index in [0.717, 1.165) is 25.5 Å². The molecule has 2 rings (SSSR count). The van der Waals surface area contributed by atoms with Gasteiger partial charge in [0.25, 0.3) is 0 Å². The lowest BCUT2D eigenvalue weighted by Crippen LogP contribution is -2.39. The van der Waals surface area contributed by atoms with Crippen LogP contribution in [-0.4, -0.2) is 33.6 Å². The molecule has 25 heavy (non-hydrogen) atoms. The van der Waals surface area contributed by atoms with Crippen LogP contribution in [0, 0.1) is 5.92 Å². The van der Waals surface area contributed by atoms with Crippen molar-refractivity contribution in [1.82, 2.24) is 10.6 Å². The number of hydrogen-bond donors (Lipinski definition) is 2. The van der Waals surface area contributed by atoms with Gasteiger partial charge < -0.3 is 15.5 Å². The average molecular weight is 472 g/mol. The minimum absolute atomic E-state index is 0. The summed E-state index contributed by atoms with van der Waals surface area (Å²) in [6.45, 7) is 3.95. The van der Waals surface area contributed by atoms with Crippen molar-refractivity contribution < 1.29 is 0 Å². The molecule has 1 aromatic carbocycles. The number of halogens is 1. The number of guanidine groups is 1. The van der Waals surface area contributed by atoms with E-state index in [-0.39, 0.29) is 24.0 Å². The van der Waals surface area contributed by atoms with Crippen LogP contribution in [0.3, 0.4) is 0 Å². The summed E-state index contributed by atoms with van der Waals surface area (Å²) in [6, 6.07) is 12.9. The summed E-state index contributed by atoms with van der Waals surface area (Å²) >= 11 is 1.82. The lowest BCUT2D eigenvalue weighted by Gasteiger charge is -2.16. The number of thiophene rings is 1. The van der Waals surface area contributed by atoms with Crippen LogP contribution in [-0.2, 0) is 13.0 Å². The monoisotopic (exact) mass is 472 g/mol. The van der Waals surface area contributed by atoms with Crippen LogP contribution in [0.1, 0.15) is 17.4 Å². The fourth-order valence-corrected chi connectivity index (χ4v) is 3.30. The number of aliphatic imine (C=N–C) groups is 1. The summed E-state index contributed by atoms with van der Waals surface area (Å²) in [6.07, 6.45) is 1.10. The van der Waals surface area contributed by atoms with Gasteiger partial charge in [0.1, 0.15) is 0 Å². The van der Waals surface area contributed by atoms with E-state index < -0.39 is 0 Å². The van der Waals surface area contributed by atoms with Crippen molar-refractivity contribution in [3.05, 3.63) is 52.2 Å². The molecule has 0 radical (unpaired) electrons. The second kappa shape index (κ2) is 11.4. The molecule has 2 N–H and O–H groups in total. The second-order valence-electron chi connectivity index (χ2n) is 6.26. The first-order valence-corrected chi connectivity index (χ1v) is 9.19. The smallest absolute Gasteiger partial charge is 0.191 e. The van der Waals surface area contributed by atoms with Crippen molar-refractivity contribution in [2.75, 3.05) is 32.6 Å². The molecule has 0 aliphatic heterocycles. The van der Waals surface area contributed by atoms with Gasteiger partial charge in [-0.05, 0) is 41.5 Å². The number of nitrogens with one attached hydrogen (secondary N) is 2. The molecule has 0 fully saturated rings. The first-order valence-electron chi connectivity index (χ1n) is 8.31. The quantitative estimate of drug-likeness (QED) is 0.364. The molecular formula is C19H29IN4S. The van der Waals surface area contributed by atoms with Gasteiger partial charge in [0, 0.05) is 44.8 Å². The highest BCUT2D eigenvalue weighted by atomic mass is 127. The van der Waals surface area contributed by atoms with Crippen LogP contribution in [0.2, 0.25) is 0 Å². The van der Waals surface area contributed by atoms with Crippen molar-refractivity contribution in [3.63, 3.8) is 0 Å². The van der Waals surface area contributed by atoms with E-state index in [9.17, 15) is 0 Å². The topological polar surface area (TPSA) is 39.7 Å². The molecule has 1 aromatic heterocycles. The lowest BCUT2D eigenvalue weighted by atomic mass is 10.1. The predicted molar refractivity (Wildman–Crippen MR) is 122 cm³/mol. The zero-order chi connectivity index (χ0) is 17.4. The normalized spacial score (nSPS) is 12.2. The first-order chi connectivity index (χ1) is 11.6. The van der Waals surface area contributed by atoms with Gasteiger partial charge in [0.05, 0.1) is 0 Å². The Morgan fingerprint density at radius 3 is 2.44 bits per heavy atom. The largest absolute Gasteiger partial charge is 0.378 e. The van der Waals surface area contributed by atoms with Crippen LogP contribution < -0.4 is 15.5 Å². The number of rotatable bonds is 7. The number of benzene rings is 1. The van der Waals surface area contributed by atoms with Crippen LogP contribution in [0.25, 0.3) is 0 Å². The van der Waals surface area contributed by atoms with E-state index >= 15 is 0 Å². The average Bonchev–Trinajstić information content (AvgIpc) is 3.08. The maximum Gasteiger partial charge on any atom is 0.191 e. The Labute approximate surface area is 172 Å². The lowest BCUT2D eigenvalue weighted by molar-refractivity contribution is 0.562. The van der Waals surface area contributed by atoms with Gasteiger partial charge in [0.15, 0.2) is 5.96 Å². The van der Waals surface area contributed by atoms with Gasteiger partial charge in [-0.15, -0.1) is 35.3 Å². The van der Waals surface area contributed by atoms with Gasteiger partial charge >= 0.3 is 0 Å². The maximum atomic E-state index is 4.31. The molecule has 0 spiro atoms. The first kappa shape index (κ1) is 21.8. The highest BCUT2D eigenvalue weighted by Crippen LogP contribution is 2.14. The van der Waals surface area contributed by atoms with Crippen molar-refractivity contribution in [2.45, 2.75) is 19.9 Å². The highest BCUT2D eigenvalue weighted by molar-refractivity contribution is 14.0. The third-order valence-electron chi connectivity index (χ3n) is 3.88. The Bertz CT molecular complexity index is 623. The molecule has 4 nitrogen and oxygen atoms in total. The standard InChI is InChI=1S/C19H28N4S.HI/c1-15(12-18-6-5-11-24-18)13-21-19(20-2)22-14-16-7-9-17(10-8-16)23(3)4;/h5-11,15H,12-14H2,1-4H3,(H2,20,21,22);1H. The zero-order valence-electron chi connectivity index (χ0n) is 15.5. The summed E-state index contributed by atoms with van der Waals surface area (Å²) < 4.78 is 0. The van der Waals surface area contributed by atoms with E-state index in [0.29, 0.717) is 5.92 Å². The number of hydrogen-bond acceptors (Lipinski definition) is 3. The Hall–Kier alpha value is -1.28. The molecule has 0 saturated heterocycles. The van der Waals surface area contributed by atoms with Gasteiger partial charge in [-0.2, -0.15) is 0 Å². The minimum atomic E-state index is 0. The Morgan fingerprint density at radius 2 is 1.88 bits per heavy atom. The Balaban J connectivity index is 0.00000312. The molecule has 6 heteroatoms. The molecule has 0 amide bonds. The Kier molecular flexibility index (Phi) is 9.89. The van der Waals surface area contributed by atoms with Crippen LogP contribution in [0.5, 0.6) is 0 Å². The molecule has 0 aliphatic carbocycles. The van der Waals surface area contributed by atoms with Gasteiger partial charge in [-0.3, -0.25) is 4.99 Å². The number of nitrogens with zero attached hydrogens (tertiary/aromatic N) is 2. The van der Waals surface area contributed by atoms with Crippen molar-refractivity contribution in [2.24, 2.45) is 10.9 Å². The van der Waals surface area contributed by atoms with E-state index in [1.807, 2.05) is 18.4 Å². The van der Waals surface area contributed by atoms with Gasteiger partial charge in [-0.1, -0.05) is 25.1 Å². The molecule has 138 valence electrons. The molecule has 1 heterocycles. The van der Waals surface area contributed by atoms with E-state index in [1.54, 1.807) is 0 Å². The molecule has 0 saturated carbocycles. The summed E-state index contributed by atoms with van der Waals surface area (Å²) in [5.41, 5.74) is 2.46. The van der Waals surface area contributed by atoms with Crippen molar-refractivity contribution in [3.8, 4) is 0 Å². The molecule has 1 unspecified atom stereocenters. The molecule has 2 aromatic rings.